The molecule has 3 aliphatic heterocycles. The zero-order valence-corrected chi connectivity index (χ0v) is 17.1. The molecule has 0 aliphatic carbocycles. The third kappa shape index (κ3) is 2.98. The molecule has 1 spiro atoms. The van der Waals surface area contributed by atoms with Crippen LogP contribution in [0.5, 0.6) is 5.75 Å². The first-order valence-electron chi connectivity index (χ1n) is 9.24. The second-order valence-electron chi connectivity index (χ2n) is 7.34. The lowest BCUT2D eigenvalue weighted by molar-refractivity contribution is -0.133. The van der Waals surface area contributed by atoms with E-state index in [1.54, 1.807) is 0 Å². The van der Waals surface area contributed by atoms with Gasteiger partial charge in [-0.15, -0.1) is 0 Å². The van der Waals surface area contributed by atoms with Crippen molar-refractivity contribution in [1.82, 2.24) is 15.1 Å². The van der Waals surface area contributed by atoms with Crippen LogP contribution in [-0.2, 0) is 11.2 Å². The molecular weight excluding hydrogens is 445 g/mol. The molecule has 140 valence electrons. The van der Waals surface area contributed by atoms with Crippen molar-refractivity contribution in [1.29, 1.82) is 0 Å². The van der Waals surface area contributed by atoms with Crippen molar-refractivity contribution < 1.29 is 14.3 Å². The highest BCUT2D eigenvalue weighted by molar-refractivity contribution is 14.1. The summed E-state index contributed by atoms with van der Waals surface area (Å²) >= 11 is 2.19. The quantitative estimate of drug-likeness (QED) is 0.419. The minimum atomic E-state index is -0.694. The molecule has 1 unspecified atom stereocenters. The Bertz CT molecular complexity index is 731. The number of fused-ring (bicyclic) bond motifs is 1. The van der Waals surface area contributed by atoms with Gasteiger partial charge in [-0.25, -0.2) is 4.79 Å². The predicted octanol–water partition coefficient (Wildman–Crippen LogP) is 2.50. The molecule has 4 rings (SSSR count). The van der Waals surface area contributed by atoms with Crippen LogP contribution in [0.25, 0.3) is 0 Å². The van der Waals surface area contributed by atoms with E-state index in [9.17, 15) is 9.59 Å². The molecule has 0 radical (unpaired) electrons. The fourth-order valence-electron chi connectivity index (χ4n) is 4.25. The highest BCUT2D eigenvalue weighted by atomic mass is 127. The molecular formula is C19H24IN3O3. The maximum absolute atomic E-state index is 12.8. The minimum Gasteiger partial charge on any atom is -0.493 e. The Labute approximate surface area is 167 Å². The fourth-order valence-corrected chi connectivity index (χ4v) is 4.73. The minimum absolute atomic E-state index is 0.0441. The summed E-state index contributed by atoms with van der Waals surface area (Å²) in [6.45, 7) is 5.05. The van der Waals surface area contributed by atoms with Gasteiger partial charge in [0.25, 0.3) is 5.91 Å². The number of nitrogens with zero attached hydrogens (tertiary/aromatic N) is 2. The largest absolute Gasteiger partial charge is 0.493 e. The molecule has 0 saturated carbocycles. The Hall–Kier alpha value is -1.35. The first kappa shape index (κ1) is 18.0. The summed E-state index contributed by atoms with van der Waals surface area (Å²) < 4.78 is 6.46. The van der Waals surface area contributed by atoms with E-state index in [2.05, 4.69) is 57.9 Å². The number of rotatable bonds is 4. The number of carbonyl (C=O) groups excluding carboxylic acids is 2. The number of imide groups is 1. The summed E-state index contributed by atoms with van der Waals surface area (Å²) in [6.07, 6.45) is 2.33. The third-order valence-corrected chi connectivity index (χ3v) is 6.44. The number of hydrogen-bond donors (Lipinski definition) is 1. The highest BCUT2D eigenvalue weighted by Crippen LogP contribution is 2.35. The third-order valence-electron chi connectivity index (χ3n) is 5.96. The van der Waals surface area contributed by atoms with Crippen molar-refractivity contribution in [2.24, 2.45) is 0 Å². The van der Waals surface area contributed by atoms with Crippen molar-refractivity contribution in [2.45, 2.75) is 37.8 Å². The lowest BCUT2D eigenvalue weighted by Gasteiger charge is -2.40. The Morgan fingerprint density at radius 2 is 2.08 bits per heavy atom. The smallest absolute Gasteiger partial charge is 0.325 e. The molecule has 1 aromatic carbocycles. The molecule has 2 saturated heterocycles. The SMILES string of the molecule is CC(c1ccc2c(c1)OCC2)N1CCC2(CC1)NC(=O)N(CCI)C2=O. The molecule has 6 nitrogen and oxygen atoms in total. The zero-order chi connectivity index (χ0) is 18.3. The molecule has 0 bridgehead atoms. The number of nitrogens with one attached hydrogen (secondary N) is 1. The van der Waals surface area contributed by atoms with Gasteiger partial charge in [0.05, 0.1) is 6.61 Å². The Morgan fingerprint density at radius 3 is 2.81 bits per heavy atom. The van der Waals surface area contributed by atoms with Crippen LogP contribution in [-0.4, -0.2) is 57.9 Å². The fraction of sp³-hybridized carbons (Fsp3) is 0.579. The number of halogens is 1. The van der Waals surface area contributed by atoms with Crippen LogP contribution in [0.2, 0.25) is 0 Å². The number of benzene rings is 1. The highest BCUT2D eigenvalue weighted by Gasteiger charge is 2.52. The van der Waals surface area contributed by atoms with E-state index >= 15 is 0 Å². The second-order valence-corrected chi connectivity index (χ2v) is 8.41. The average molecular weight is 469 g/mol. The Balaban J connectivity index is 1.43. The molecule has 1 aromatic rings. The molecule has 3 aliphatic rings. The van der Waals surface area contributed by atoms with Gasteiger partial charge in [0.2, 0.25) is 0 Å². The lowest BCUT2D eigenvalue weighted by Crippen LogP contribution is -2.55. The van der Waals surface area contributed by atoms with E-state index in [-0.39, 0.29) is 18.0 Å². The van der Waals surface area contributed by atoms with Crippen molar-refractivity contribution >= 4 is 34.5 Å². The summed E-state index contributed by atoms with van der Waals surface area (Å²) in [5.41, 5.74) is 1.84. The molecule has 1 N–H and O–H groups in total. The monoisotopic (exact) mass is 469 g/mol. The van der Waals surface area contributed by atoms with E-state index in [0.29, 0.717) is 19.4 Å². The summed E-state index contributed by atoms with van der Waals surface area (Å²) in [5, 5.41) is 2.97. The lowest BCUT2D eigenvalue weighted by atomic mass is 9.86. The van der Waals surface area contributed by atoms with E-state index in [1.165, 1.54) is 16.0 Å². The predicted molar refractivity (Wildman–Crippen MR) is 107 cm³/mol. The van der Waals surface area contributed by atoms with Gasteiger partial charge in [0.15, 0.2) is 0 Å². The number of ether oxygens (including phenoxy) is 1. The van der Waals surface area contributed by atoms with Gasteiger partial charge < -0.3 is 10.1 Å². The van der Waals surface area contributed by atoms with Crippen LogP contribution < -0.4 is 10.1 Å². The van der Waals surface area contributed by atoms with Gasteiger partial charge in [-0.3, -0.25) is 14.6 Å². The van der Waals surface area contributed by atoms with Crippen LogP contribution in [0.15, 0.2) is 18.2 Å². The average Bonchev–Trinajstić information content (AvgIpc) is 3.20. The van der Waals surface area contributed by atoms with E-state index < -0.39 is 5.54 Å². The van der Waals surface area contributed by atoms with Gasteiger partial charge in [-0.1, -0.05) is 34.7 Å². The van der Waals surface area contributed by atoms with Crippen molar-refractivity contribution in [3.8, 4) is 5.75 Å². The topological polar surface area (TPSA) is 61.9 Å². The molecule has 3 heterocycles. The van der Waals surface area contributed by atoms with E-state index in [4.69, 9.17) is 4.74 Å². The van der Waals surface area contributed by atoms with Gasteiger partial charge in [-0.2, -0.15) is 0 Å². The van der Waals surface area contributed by atoms with Crippen LogP contribution in [0.4, 0.5) is 4.79 Å². The molecule has 26 heavy (non-hydrogen) atoms. The Morgan fingerprint density at radius 1 is 1.31 bits per heavy atom. The van der Waals surface area contributed by atoms with E-state index in [0.717, 1.165) is 36.3 Å². The van der Waals surface area contributed by atoms with Crippen LogP contribution in [0.1, 0.15) is 36.9 Å². The Kier molecular flexibility index (Phi) is 4.85. The number of hydrogen-bond acceptors (Lipinski definition) is 4. The van der Waals surface area contributed by atoms with Gasteiger partial charge >= 0.3 is 6.03 Å². The number of amides is 3. The number of urea groups is 1. The van der Waals surface area contributed by atoms with Crippen molar-refractivity contribution in [3.63, 3.8) is 0 Å². The number of alkyl halides is 1. The first-order chi connectivity index (χ1) is 12.5. The number of piperidine rings is 1. The molecule has 0 aromatic heterocycles. The summed E-state index contributed by atoms with van der Waals surface area (Å²) in [7, 11) is 0. The normalized spacial score (nSPS) is 23.1. The van der Waals surface area contributed by atoms with Crippen molar-refractivity contribution in [2.75, 3.05) is 30.7 Å². The van der Waals surface area contributed by atoms with Gasteiger partial charge in [0, 0.05) is 36.5 Å². The number of carbonyl (C=O) groups is 2. The maximum atomic E-state index is 12.8. The summed E-state index contributed by atoms with van der Waals surface area (Å²) in [6, 6.07) is 6.54. The summed E-state index contributed by atoms with van der Waals surface area (Å²) in [5.74, 6) is 0.966. The zero-order valence-electron chi connectivity index (χ0n) is 15.0. The molecule has 7 heteroatoms. The summed E-state index contributed by atoms with van der Waals surface area (Å²) in [4.78, 5) is 28.7. The maximum Gasteiger partial charge on any atom is 0.325 e. The van der Waals surface area contributed by atoms with Crippen LogP contribution in [0, 0.1) is 0 Å². The second kappa shape index (κ2) is 6.99. The van der Waals surface area contributed by atoms with Gasteiger partial charge in [0.1, 0.15) is 11.3 Å². The standard InChI is InChI=1S/C19H24IN3O3/c1-13(15-3-2-14-4-11-26-16(14)12-15)22-8-5-19(6-9-22)17(24)23(10-7-20)18(25)21-19/h2-3,12-13H,4-11H2,1H3,(H,21,25). The first-order valence-corrected chi connectivity index (χ1v) is 10.8. The van der Waals surface area contributed by atoms with Crippen LogP contribution in [0.3, 0.4) is 0 Å². The molecule has 2 fully saturated rings. The molecule has 1 atom stereocenters. The van der Waals surface area contributed by atoms with Crippen molar-refractivity contribution in [3.05, 3.63) is 29.3 Å². The van der Waals surface area contributed by atoms with E-state index in [1.807, 2.05) is 0 Å². The van der Waals surface area contributed by atoms with Crippen LogP contribution >= 0.6 is 22.6 Å². The van der Waals surface area contributed by atoms with Gasteiger partial charge in [-0.05, 0) is 37.0 Å². The number of likely N-dealkylation sites (tertiary alicyclic amines) is 1. The molecule has 3 amide bonds.